The Morgan fingerprint density at radius 1 is 1.12 bits per heavy atom. The number of ether oxygens (including phenoxy) is 1. The molecule has 0 heterocycles. The maximum atomic E-state index is 13.4. The van der Waals surface area contributed by atoms with E-state index in [0.29, 0.717) is 6.54 Å². The van der Waals surface area contributed by atoms with E-state index in [1.807, 2.05) is 44.4 Å². The smallest absolute Gasteiger partial charge is 0.223 e. The molecule has 0 bridgehead atoms. The predicted molar refractivity (Wildman–Crippen MR) is 92.4 cm³/mol. The molecule has 1 atom stereocenters. The van der Waals surface area contributed by atoms with Crippen molar-refractivity contribution < 1.29 is 13.9 Å². The molecule has 4 nitrogen and oxygen atoms in total. The number of carbonyl (C=O) groups is 1. The fourth-order valence-electron chi connectivity index (χ4n) is 2.39. The number of rotatable bonds is 8. The van der Waals surface area contributed by atoms with Crippen LogP contribution in [0.25, 0.3) is 0 Å². The molecular weight excluding hydrogens is 307 g/mol. The molecule has 1 N–H and O–H groups in total. The topological polar surface area (TPSA) is 41.6 Å². The Morgan fingerprint density at radius 2 is 1.79 bits per heavy atom. The average molecular weight is 330 g/mol. The van der Waals surface area contributed by atoms with Crippen LogP contribution >= 0.6 is 0 Å². The van der Waals surface area contributed by atoms with Crippen LogP contribution in [0, 0.1) is 5.82 Å². The van der Waals surface area contributed by atoms with Crippen molar-refractivity contribution in [2.24, 2.45) is 0 Å². The second-order valence-corrected chi connectivity index (χ2v) is 5.72. The number of para-hydroxylation sites is 1. The Kier molecular flexibility index (Phi) is 6.75. The molecule has 2 aromatic rings. The summed E-state index contributed by atoms with van der Waals surface area (Å²) >= 11 is 0. The Morgan fingerprint density at radius 3 is 2.46 bits per heavy atom. The first-order chi connectivity index (χ1) is 11.6. The first-order valence-electron chi connectivity index (χ1n) is 7.93. The molecule has 2 aromatic carbocycles. The summed E-state index contributed by atoms with van der Waals surface area (Å²) in [6.45, 7) is 0.653. The average Bonchev–Trinajstić information content (AvgIpc) is 2.57. The zero-order valence-electron chi connectivity index (χ0n) is 14.0. The van der Waals surface area contributed by atoms with E-state index in [-0.39, 0.29) is 30.7 Å². The Labute approximate surface area is 142 Å². The molecule has 2 rings (SSSR count). The summed E-state index contributed by atoms with van der Waals surface area (Å²) in [7, 11) is 3.95. The van der Waals surface area contributed by atoms with Crippen LogP contribution in [0.3, 0.4) is 0 Å². The fourth-order valence-corrected chi connectivity index (χ4v) is 2.39. The largest absolute Gasteiger partial charge is 0.490 e. The van der Waals surface area contributed by atoms with Gasteiger partial charge in [-0.3, -0.25) is 4.79 Å². The van der Waals surface area contributed by atoms with Gasteiger partial charge >= 0.3 is 0 Å². The summed E-state index contributed by atoms with van der Waals surface area (Å²) < 4.78 is 18.7. The van der Waals surface area contributed by atoms with E-state index in [4.69, 9.17) is 4.74 Å². The maximum Gasteiger partial charge on any atom is 0.223 e. The van der Waals surface area contributed by atoms with Gasteiger partial charge < -0.3 is 15.0 Å². The van der Waals surface area contributed by atoms with E-state index in [1.54, 1.807) is 18.2 Å². The van der Waals surface area contributed by atoms with Gasteiger partial charge in [0, 0.05) is 6.54 Å². The highest BCUT2D eigenvalue weighted by molar-refractivity contribution is 5.76. The molecule has 1 amide bonds. The van der Waals surface area contributed by atoms with Crippen molar-refractivity contribution in [3.63, 3.8) is 0 Å². The highest BCUT2D eigenvalue weighted by Crippen LogP contribution is 2.17. The van der Waals surface area contributed by atoms with E-state index in [1.165, 1.54) is 6.07 Å². The van der Waals surface area contributed by atoms with E-state index in [0.717, 1.165) is 5.56 Å². The van der Waals surface area contributed by atoms with Crippen molar-refractivity contribution in [3.05, 3.63) is 66.0 Å². The second kappa shape index (κ2) is 9.03. The number of carbonyl (C=O) groups excluding carboxylic acids is 1. The number of amides is 1. The molecule has 24 heavy (non-hydrogen) atoms. The second-order valence-electron chi connectivity index (χ2n) is 5.72. The highest BCUT2D eigenvalue weighted by atomic mass is 19.1. The van der Waals surface area contributed by atoms with Gasteiger partial charge in [0.2, 0.25) is 5.91 Å². The molecule has 0 saturated heterocycles. The summed E-state index contributed by atoms with van der Waals surface area (Å²) in [5, 5.41) is 2.91. The van der Waals surface area contributed by atoms with Gasteiger partial charge in [0.15, 0.2) is 11.6 Å². The number of halogens is 1. The Hall–Kier alpha value is -2.40. The SMILES string of the molecule is CN(C)[C@@H](CNC(=O)CCOc1ccccc1F)c1ccccc1. The molecule has 0 aliphatic heterocycles. The quantitative estimate of drug-likeness (QED) is 0.809. The molecule has 0 spiro atoms. The summed E-state index contributed by atoms with van der Waals surface area (Å²) in [4.78, 5) is 14.0. The molecule has 0 fully saturated rings. The summed E-state index contributed by atoms with van der Waals surface area (Å²) in [5.41, 5.74) is 1.14. The summed E-state index contributed by atoms with van der Waals surface area (Å²) in [5.74, 6) is -0.371. The van der Waals surface area contributed by atoms with Crippen LogP contribution in [0.5, 0.6) is 5.75 Å². The lowest BCUT2D eigenvalue weighted by molar-refractivity contribution is -0.121. The lowest BCUT2D eigenvalue weighted by Crippen LogP contribution is -2.35. The van der Waals surface area contributed by atoms with Crippen molar-refractivity contribution in [1.29, 1.82) is 0 Å². The van der Waals surface area contributed by atoms with Crippen LogP contribution in [0.1, 0.15) is 18.0 Å². The van der Waals surface area contributed by atoms with Crippen molar-refractivity contribution in [3.8, 4) is 5.75 Å². The minimum Gasteiger partial charge on any atom is -0.490 e. The molecule has 0 unspecified atom stereocenters. The number of nitrogens with one attached hydrogen (secondary N) is 1. The van der Waals surface area contributed by atoms with Crippen LogP contribution in [0.15, 0.2) is 54.6 Å². The monoisotopic (exact) mass is 330 g/mol. The fraction of sp³-hybridized carbons (Fsp3) is 0.316. The summed E-state index contributed by atoms with van der Waals surface area (Å²) in [6, 6.07) is 16.3. The first-order valence-corrected chi connectivity index (χ1v) is 7.93. The molecule has 0 aliphatic rings. The van der Waals surface area contributed by atoms with Gasteiger partial charge in [0.1, 0.15) is 0 Å². The normalized spacial score (nSPS) is 12.0. The molecule has 0 radical (unpaired) electrons. The maximum absolute atomic E-state index is 13.4. The van der Waals surface area contributed by atoms with Crippen molar-refractivity contribution in [2.45, 2.75) is 12.5 Å². The van der Waals surface area contributed by atoms with Gasteiger partial charge in [-0.2, -0.15) is 0 Å². The third-order valence-corrected chi connectivity index (χ3v) is 3.72. The van der Waals surface area contributed by atoms with Crippen LogP contribution in [-0.4, -0.2) is 38.1 Å². The van der Waals surface area contributed by atoms with Gasteiger partial charge in [-0.15, -0.1) is 0 Å². The van der Waals surface area contributed by atoms with Crippen LogP contribution in [-0.2, 0) is 4.79 Å². The van der Waals surface area contributed by atoms with E-state index in [2.05, 4.69) is 10.2 Å². The zero-order valence-corrected chi connectivity index (χ0v) is 14.0. The molecule has 0 aromatic heterocycles. The molecular formula is C19H23FN2O2. The van der Waals surface area contributed by atoms with Crippen molar-refractivity contribution in [2.75, 3.05) is 27.2 Å². The van der Waals surface area contributed by atoms with E-state index in [9.17, 15) is 9.18 Å². The predicted octanol–water partition coefficient (Wildman–Crippen LogP) is 3.01. The Balaban J connectivity index is 1.78. The van der Waals surface area contributed by atoms with Crippen molar-refractivity contribution >= 4 is 5.91 Å². The summed E-state index contributed by atoms with van der Waals surface area (Å²) in [6.07, 6.45) is 0.184. The molecule has 5 heteroatoms. The molecule has 128 valence electrons. The lowest BCUT2D eigenvalue weighted by Gasteiger charge is -2.25. The lowest BCUT2D eigenvalue weighted by atomic mass is 10.1. The number of benzene rings is 2. The van der Waals surface area contributed by atoms with Crippen LogP contribution in [0.4, 0.5) is 4.39 Å². The van der Waals surface area contributed by atoms with Crippen LogP contribution < -0.4 is 10.1 Å². The van der Waals surface area contributed by atoms with Gasteiger partial charge in [0.05, 0.1) is 19.1 Å². The highest BCUT2D eigenvalue weighted by Gasteiger charge is 2.15. The van der Waals surface area contributed by atoms with Gasteiger partial charge in [-0.1, -0.05) is 42.5 Å². The number of hydrogen-bond donors (Lipinski definition) is 1. The third-order valence-electron chi connectivity index (χ3n) is 3.72. The minimum absolute atomic E-state index is 0.0997. The number of hydrogen-bond acceptors (Lipinski definition) is 3. The molecule has 0 aliphatic carbocycles. The van der Waals surface area contributed by atoms with E-state index < -0.39 is 5.82 Å². The van der Waals surface area contributed by atoms with Crippen molar-refractivity contribution in [1.82, 2.24) is 10.2 Å². The zero-order chi connectivity index (χ0) is 17.4. The van der Waals surface area contributed by atoms with Gasteiger partial charge in [-0.25, -0.2) is 4.39 Å². The number of likely N-dealkylation sites (N-methyl/N-ethyl adjacent to an activating group) is 1. The first kappa shape index (κ1) is 17.9. The molecule has 0 saturated carbocycles. The van der Waals surface area contributed by atoms with Gasteiger partial charge in [-0.05, 0) is 31.8 Å². The standard InChI is InChI=1S/C19H23FN2O2/c1-22(2)17(15-8-4-3-5-9-15)14-21-19(23)12-13-24-18-11-7-6-10-16(18)20/h3-11,17H,12-14H2,1-2H3,(H,21,23)/t17-/m0/s1. The third kappa shape index (κ3) is 5.35. The van der Waals surface area contributed by atoms with E-state index >= 15 is 0 Å². The minimum atomic E-state index is -0.422. The Bertz CT molecular complexity index is 647. The van der Waals surface area contributed by atoms with Crippen LogP contribution in [0.2, 0.25) is 0 Å². The van der Waals surface area contributed by atoms with Gasteiger partial charge in [0.25, 0.3) is 0 Å². The number of nitrogens with zero attached hydrogens (tertiary/aromatic N) is 1.